The van der Waals surface area contributed by atoms with Gasteiger partial charge >= 0.3 is 0 Å². The summed E-state index contributed by atoms with van der Waals surface area (Å²) in [6, 6.07) is 0. The van der Waals surface area contributed by atoms with Crippen molar-refractivity contribution in [1.82, 2.24) is 19.5 Å². The second-order valence-corrected chi connectivity index (χ2v) is 14.4. The van der Waals surface area contributed by atoms with Gasteiger partial charge in [0.2, 0.25) is 0 Å². The third kappa shape index (κ3) is 16.3. The van der Waals surface area contributed by atoms with E-state index in [0.717, 1.165) is 0 Å². The molecule has 48 heavy (non-hydrogen) atoms. The fourth-order valence-electron chi connectivity index (χ4n) is 6.16. The van der Waals surface area contributed by atoms with Crippen molar-refractivity contribution in [2.24, 2.45) is 0 Å². The summed E-state index contributed by atoms with van der Waals surface area (Å²) in [4.78, 5) is 32.9. The zero-order valence-electron chi connectivity index (χ0n) is 29.8. The molecule has 0 aromatic carbocycles. The zero-order valence-corrected chi connectivity index (χ0v) is 30.7. The van der Waals surface area contributed by atoms with Crippen LogP contribution in [-0.4, -0.2) is 79.2 Å². The number of hydrogen-bond acceptors (Lipinski definition) is 10. The predicted molar refractivity (Wildman–Crippen MR) is 187 cm³/mol. The lowest BCUT2D eigenvalue weighted by Crippen LogP contribution is -3.12. The fraction of sp³-hybridized carbons (Fsp3) is 0.853. The molecule has 1 fully saturated rings. The van der Waals surface area contributed by atoms with E-state index >= 15 is 0 Å². The molecule has 0 spiro atoms. The van der Waals surface area contributed by atoms with Gasteiger partial charge in [0.1, 0.15) is 30.2 Å². The second kappa shape index (κ2) is 24.4. The maximum absolute atomic E-state index is 10.6. The van der Waals surface area contributed by atoms with Gasteiger partial charge in [0.05, 0.1) is 32.6 Å². The fourth-order valence-corrected chi connectivity index (χ4v) is 6.50. The van der Waals surface area contributed by atoms with Gasteiger partial charge < -0.3 is 39.9 Å². The number of phosphoric acid groups is 1. The van der Waals surface area contributed by atoms with E-state index in [2.05, 4.69) is 40.2 Å². The number of nitrogen functional groups attached to an aromatic ring is 1. The third-order valence-electron chi connectivity index (χ3n) is 9.05. The van der Waals surface area contributed by atoms with Crippen molar-refractivity contribution < 1.29 is 38.7 Å². The number of anilines is 1. The monoisotopic (exact) mass is 700 g/mol. The van der Waals surface area contributed by atoms with Gasteiger partial charge in [-0.05, 0) is 38.5 Å². The number of unbranched alkanes of at least 4 members (excludes halogenated alkanes) is 15. The molecule has 1 saturated heterocycles. The van der Waals surface area contributed by atoms with Crippen LogP contribution in [-0.2, 0) is 13.8 Å². The molecule has 2 aromatic rings. The van der Waals surface area contributed by atoms with E-state index in [9.17, 15) is 19.7 Å². The lowest BCUT2D eigenvalue weighted by atomic mass is 10.1. The molecule has 0 bridgehead atoms. The van der Waals surface area contributed by atoms with Crippen molar-refractivity contribution in [1.29, 1.82) is 0 Å². The second-order valence-electron chi connectivity index (χ2n) is 13.2. The van der Waals surface area contributed by atoms with Crippen LogP contribution in [0.25, 0.3) is 11.2 Å². The van der Waals surface area contributed by atoms with Gasteiger partial charge in [-0.15, -0.1) is 0 Å². The Balaban J connectivity index is 0.000000334. The van der Waals surface area contributed by atoms with E-state index in [1.165, 1.54) is 152 Å². The molecule has 6 N–H and O–H groups in total. The van der Waals surface area contributed by atoms with Crippen LogP contribution in [0.4, 0.5) is 5.82 Å². The molecule has 14 heteroatoms. The van der Waals surface area contributed by atoms with E-state index in [0.29, 0.717) is 0 Å². The summed E-state index contributed by atoms with van der Waals surface area (Å²) in [7, 11) is -4.97. The topological polar surface area (TPSA) is 193 Å². The van der Waals surface area contributed by atoms with Gasteiger partial charge in [-0.25, -0.2) is 15.0 Å². The van der Waals surface area contributed by atoms with Crippen molar-refractivity contribution in [3.05, 3.63) is 12.7 Å². The van der Waals surface area contributed by atoms with Crippen LogP contribution in [0.5, 0.6) is 0 Å². The molecular formula is C34H65N6O7P. The summed E-state index contributed by atoms with van der Waals surface area (Å²) in [5, 5.41) is 20.0. The molecule has 5 atom stereocenters. The predicted octanol–water partition coefficient (Wildman–Crippen LogP) is 4.46. The summed E-state index contributed by atoms with van der Waals surface area (Å²) >= 11 is 0. The highest BCUT2D eigenvalue weighted by molar-refractivity contribution is 7.44. The maximum atomic E-state index is 10.6. The number of nitrogens with zero attached hydrogens (tertiary/aromatic N) is 4. The Morgan fingerprint density at radius 1 is 0.812 bits per heavy atom. The lowest BCUT2D eigenvalue weighted by molar-refractivity contribution is -0.900. The Labute approximate surface area is 288 Å². The molecule has 0 amide bonds. The number of hydrogen-bond donors (Lipinski definition) is 5. The zero-order chi connectivity index (χ0) is 35.2. The van der Waals surface area contributed by atoms with Crippen LogP contribution < -0.4 is 15.5 Å². The van der Waals surface area contributed by atoms with Crippen molar-refractivity contribution in [3.63, 3.8) is 0 Å². The van der Waals surface area contributed by atoms with E-state index in [1.807, 2.05) is 4.90 Å². The Kier molecular flexibility index (Phi) is 21.6. The number of phosphoric ester groups is 1. The van der Waals surface area contributed by atoms with E-state index in [-0.39, 0.29) is 17.0 Å². The molecule has 5 unspecified atom stereocenters. The number of nitrogens with one attached hydrogen (secondary N) is 1. The van der Waals surface area contributed by atoms with Crippen molar-refractivity contribution >= 4 is 24.8 Å². The number of aromatic nitrogens is 4. The molecule has 0 radical (unpaired) electrons. The molecule has 1 aliphatic rings. The van der Waals surface area contributed by atoms with Crippen LogP contribution in [0.15, 0.2) is 12.7 Å². The minimum atomic E-state index is -4.97. The van der Waals surface area contributed by atoms with Crippen LogP contribution >= 0.6 is 7.82 Å². The van der Waals surface area contributed by atoms with Gasteiger partial charge in [-0.2, -0.15) is 0 Å². The summed E-state index contributed by atoms with van der Waals surface area (Å²) in [6.45, 7) is 10.6. The molecule has 0 aliphatic carbocycles. The molecule has 3 rings (SSSR count). The summed E-state index contributed by atoms with van der Waals surface area (Å²) in [5.74, 6) is 0.134. The van der Waals surface area contributed by atoms with Crippen LogP contribution in [0.3, 0.4) is 0 Å². The van der Waals surface area contributed by atoms with Crippen LogP contribution in [0.2, 0.25) is 0 Å². The SMILES string of the molecule is CCCCCCCC[NH+](CCCCCCCC)CCCCCCCC.Nc1ncnc2c1ncn2C1OC(COP(=O)([O-])O)C(O)C1O. The average molecular weight is 701 g/mol. The Morgan fingerprint density at radius 3 is 1.77 bits per heavy atom. The van der Waals surface area contributed by atoms with E-state index in [4.69, 9.17) is 15.4 Å². The number of rotatable bonds is 25. The van der Waals surface area contributed by atoms with Crippen molar-refractivity contribution in [2.75, 3.05) is 32.0 Å². The first-order valence-corrected chi connectivity index (χ1v) is 20.1. The minimum Gasteiger partial charge on any atom is -0.756 e. The van der Waals surface area contributed by atoms with E-state index < -0.39 is 39.0 Å². The first-order chi connectivity index (χ1) is 23.1. The summed E-state index contributed by atoms with van der Waals surface area (Å²) in [5.41, 5.74) is 6.22. The summed E-state index contributed by atoms with van der Waals surface area (Å²) in [6.07, 6.45) is 23.4. The third-order valence-corrected chi connectivity index (χ3v) is 9.53. The number of imidazole rings is 1. The number of nitrogens with two attached hydrogens (primary N) is 1. The largest absolute Gasteiger partial charge is 0.756 e. The van der Waals surface area contributed by atoms with Crippen LogP contribution in [0, 0.1) is 0 Å². The highest BCUT2D eigenvalue weighted by Crippen LogP contribution is 2.36. The van der Waals surface area contributed by atoms with Crippen LogP contribution in [0.1, 0.15) is 143 Å². The Morgan fingerprint density at radius 2 is 1.29 bits per heavy atom. The standard InChI is InChI=1S/C24H51N.C10H14N5O7P/c1-4-7-10-13-16-19-22-25(23-20-17-14-11-8-5-2)24-21-18-15-12-9-6-3;11-8-5-9(13-2-12-8)15(3-14-5)10-7(17)6(16)4(22-10)1-21-23(18,19)20/h4-24H2,1-3H3;2-4,6-7,10,16-17H,1H2,(H2,11,12,13)(H2,18,19,20). The molecule has 1 aliphatic heterocycles. The number of ether oxygens (including phenoxy) is 1. The van der Waals surface area contributed by atoms with Crippen molar-refractivity contribution in [2.45, 2.75) is 161 Å². The van der Waals surface area contributed by atoms with Crippen molar-refractivity contribution in [3.8, 4) is 0 Å². The maximum Gasteiger partial charge on any atom is 0.265 e. The van der Waals surface area contributed by atoms with Gasteiger partial charge in [-0.3, -0.25) is 9.13 Å². The first-order valence-electron chi connectivity index (χ1n) is 18.6. The summed E-state index contributed by atoms with van der Waals surface area (Å²) < 4.78 is 21.5. The molecule has 278 valence electrons. The minimum absolute atomic E-state index is 0.134. The van der Waals surface area contributed by atoms with Gasteiger partial charge in [0.15, 0.2) is 17.7 Å². The lowest BCUT2D eigenvalue weighted by Gasteiger charge is -2.20. The molecular weight excluding hydrogens is 635 g/mol. The molecule has 2 aromatic heterocycles. The first kappa shape index (κ1) is 42.5. The number of aliphatic hydroxyl groups is 2. The van der Waals surface area contributed by atoms with Gasteiger partial charge in [-0.1, -0.05) is 97.8 Å². The smallest absolute Gasteiger partial charge is 0.265 e. The molecule has 13 nitrogen and oxygen atoms in total. The highest BCUT2D eigenvalue weighted by Gasteiger charge is 2.44. The molecule has 0 saturated carbocycles. The molecule has 3 heterocycles. The van der Waals surface area contributed by atoms with Gasteiger partial charge in [0.25, 0.3) is 7.82 Å². The number of aliphatic hydroxyl groups excluding tert-OH is 2. The average Bonchev–Trinajstić information content (AvgIpc) is 3.61. The quantitative estimate of drug-likeness (QED) is 0.0726. The van der Waals surface area contributed by atoms with E-state index in [1.54, 1.807) is 0 Å². The number of quaternary nitrogens is 1. The normalized spacial score (nSPS) is 20.7. The Bertz CT molecular complexity index is 1110. The Hall–Kier alpha value is -1.70. The van der Waals surface area contributed by atoms with Gasteiger partial charge in [0, 0.05) is 0 Å². The number of fused-ring (bicyclic) bond motifs is 1. The highest BCUT2D eigenvalue weighted by atomic mass is 31.2.